The van der Waals surface area contributed by atoms with E-state index in [2.05, 4.69) is 4.98 Å². The molecule has 0 aliphatic carbocycles. The molecule has 0 amide bonds. The van der Waals surface area contributed by atoms with Gasteiger partial charge in [0.25, 0.3) is 0 Å². The molecule has 1 aliphatic rings. The summed E-state index contributed by atoms with van der Waals surface area (Å²) in [5.74, 6) is 0.245. The number of imidazole rings is 1. The summed E-state index contributed by atoms with van der Waals surface area (Å²) in [4.78, 5) is 3.94. The van der Waals surface area contributed by atoms with E-state index in [4.69, 9.17) is 16.3 Å². The predicted octanol–water partition coefficient (Wildman–Crippen LogP) is 1.20. The molecule has 1 aromatic rings. The first-order chi connectivity index (χ1) is 8.02. The summed E-state index contributed by atoms with van der Waals surface area (Å²) >= 11 is 5.78. The average Bonchev–Trinajstić information content (AvgIpc) is 2.86. The predicted molar refractivity (Wildman–Crippen MR) is 63.9 cm³/mol. The second-order valence-corrected chi connectivity index (χ2v) is 6.36. The Morgan fingerprint density at radius 3 is 2.94 bits per heavy atom. The average molecular weight is 279 g/mol. The number of hydrogen-bond donors (Lipinski definition) is 0. The SMILES string of the molecule is CS(=O)(=O)c1ncc(CCl)n1C[C@H]1CCCO1. The highest BCUT2D eigenvalue weighted by atomic mass is 35.5. The molecule has 0 spiro atoms. The van der Waals surface area contributed by atoms with Crippen LogP contribution in [-0.2, 0) is 27.0 Å². The van der Waals surface area contributed by atoms with Crippen LogP contribution in [0.15, 0.2) is 11.4 Å². The quantitative estimate of drug-likeness (QED) is 0.777. The summed E-state index contributed by atoms with van der Waals surface area (Å²) in [6.45, 7) is 1.24. The summed E-state index contributed by atoms with van der Waals surface area (Å²) in [6.07, 6.45) is 4.69. The number of ether oxygens (including phenoxy) is 1. The molecule has 0 N–H and O–H groups in total. The van der Waals surface area contributed by atoms with Crippen LogP contribution in [0.5, 0.6) is 0 Å². The first-order valence-electron chi connectivity index (χ1n) is 5.44. The van der Waals surface area contributed by atoms with Crippen LogP contribution >= 0.6 is 11.6 Å². The van der Waals surface area contributed by atoms with Crippen molar-refractivity contribution < 1.29 is 13.2 Å². The number of rotatable bonds is 4. The molecule has 96 valence electrons. The lowest BCUT2D eigenvalue weighted by molar-refractivity contribution is 0.0943. The number of halogens is 1. The van der Waals surface area contributed by atoms with Crippen molar-refractivity contribution in [3.05, 3.63) is 11.9 Å². The van der Waals surface area contributed by atoms with Crippen LogP contribution in [0.2, 0.25) is 0 Å². The molecule has 0 aromatic carbocycles. The van der Waals surface area contributed by atoms with E-state index < -0.39 is 9.84 Å². The van der Waals surface area contributed by atoms with Gasteiger partial charge in [-0.3, -0.25) is 0 Å². The summed E-state index contributed by atoms with van der Waals surface area (Å²) in [5, 5.41) is 0.0728. The minimum absolute atomic E-state index is 0.0617. The van der Waals surface area contributed by atoms with Crippen molar-refractivity contribution in [2.45, 2.75) is 36.5 Å². The highest BCUT2D eigenvalue weighted by Crippen LogP contribution is 2.19. The van der Waals surface area contributed by atoms with E-state index in [1.54, 1.807) is 4.57 Å². The number of nitrogens with zero attached hydrogens (tertiary/aromatic N) is 2. The minimum Gasteiger partial charge on any atom is -0.376 e. The molecule has 1 aromatic heterocycles. The van der Waals surface area contributed by atoms with Crippen LogP contribution in [0.25, 0.3) is 0 Å². The third kappa shape index (κ3) is 2.81. The molecule has 17 heavy (non-hydrogen) atoms. The van der Waals surface area contributed by atoms with Gasteiger partial charge in [-0.15, -0.1) is 11.6 Å². The van der Waals surface area contributed by atoms with Gasteiger partial charge in [0.2, 0.25) is 15.0 Å². The number of aromatic nitrogens is 2. The van der Waals surface area contributed by atoms with E-state index in [0.29, 0.717) is 12.2 Å². The van der Waals surface area contributed by atoms with E-state index in [-0.39, 0.29) is 17.1 Å². The molecule has 1 aliphatic heterocycles. The van der Waals surface area contributed by atoms with E-state index in [0.717, 1.165) is 25.7 Å². The molecule has 5 nitrogen and oxygen atoms in total. The fourth-order valence-corrected chi connectivity index (χ4v) is 3.03. The number of alkyl halides is 1. The Kier molecular flexibility index (Phi) is 3.75. The van der Waals surface area contributed by atoms with Crippen LogP contribution in [-0.4, -0.2) is 36.9 Å². The van der Waals surface area contributed by atoms with Crippen LogP contribution in [0.4, 0.5) is 0 Å². The maximum atomic E-state index is 11.6. The molecule has 2 rings (SSSR count). The Morgan fingerprint density at radius 2 is 2.41 bits per heavy atom. The lowest BCUT2D eigenvalue weighted by atomic mass is 10.2. The molecule has 0 unspecified atom stereocenters. The molecular weight excluding hydrogens is 264 g/mol. The van der Waals surface area contributed by atoms with Gasteiger partial charge < -0.3 is 9.30 Å². The van der Waals surface area contributed by atoms with Crippen molar-refractivity contribution in [3.8, 4) is 0 Å². The molecule has 2 heterocycles. The van der Waals surface area contributed by atoms with Crippen LogP contribution in [0.1, 0.15) is 18.5 Å². The third-order valence-electron chi connectivity index (χ3n) is 2.78. The second-order valence-electron chi connectivity index (χ2n) is 4.18. The summed E-state index contributed by atoms with van der Waals surface area (Å²) in [7, 11) is -3.33. The molecule has 1 fully saturated rings. The highest BCUT2D eigenvalue weighted by Gasteiger charge is 2.23. The zero-order chi connectivity index (χ0) is 12.5. The van der Waals surface area contributed by atoms with Crippen LogP contribution < -0.4 is 0 Å². The monoisotopic (exact) mass is 278 g/mol. The summed E-state index contributed by atoms with van der Waals surface area (Å²) < 4.78 is 30.3. The Labute approximate surface area is 106 Å². The largest absolute Gasteiger partial charge is 0.376 e. The molecule has 1 saturated heterocycles. The zero-order valence-corrected chi connectivity index (χ0v) is 11.2. The zero-order valence-electron chi connectivity index (χ0n) is 9.60. The van der Waals surface area contributed by atoms with Gasteiger partial charge in [-0.25, -0.2) is 13.4 Å². The lowest BCUT2D eigenvalue weighted by Crippen LogP contribution is -2.20. The molecular formula is C10H15ClN2O3S. The normalized spacial score (nSPS) is 20.9. The van der Waals surface area contributed by atoms with Crippen LogP contribution in [0, 0.1) is 0 Å². The van der Waals surface area contributed by atoms with Gasteiger partial charge >= 0.3 is 0 Å². The smallest absolute Gasteiger partial charge is 0.227 e. The second kappa shape index (κ2) is 4.96. The molecule has 7 heteroatoms. The Hall–Kier alpha value is -0.590. The van der Waals surface area contributed by atoms with Crippen molar-refractivity contribution >= 4 is 21.4 Å². The summed E-state index contributed by atoms with van der Waals surface area (Å²) in [6, 6.07) is 0. The van der Waals surface area contributed by atoms with Crippen LogP contribution in [0.3, 0.4) is 0 Å². The third-order valence-corrected chi connectivity index (χ3v) is 4.04. The molecule has 0 bridgehead atoms. The number of sulfone groups is 1. The van der Waals surface area contributed by atoms with E-state index >= 15 is 0 Å². The van der Waals surface area contributed by atoms with Gasteiger partial charge in [0, 0.05) is 12.9 Å². The summed E-state index contributed by atoms with van der Waals surface area (Å²) in [5.41, 5.74) is 0.711. The van der Waals surface area contributed by atoms with E-state index in [9.17, 15) is 8.42 Å². The van der Waals surface area contributed by atoms with E-state index in [1.807, 2.05) is 0 Å². The van der Waals surface area contributed by atoms with Crippen molar-refractivity contribution in [2.24, 2.45) is 0 Å². The topological polar surface area (TPSA) is 61.2 Å². The maximum absolute atomic E-state index is 11.6. The van der Waals surface area contributed by atoms with Crippen molar-refractivity contribution in [1.29, 1.82) is 0 Å². The van der Waals surface area contributed by atoms with E-state index in [1.165, 1.54) is 6.20 Å². The Bertz CT molecular complexity index is 492. The molecule has 1 atom stereocenters. The minimum atomic E-state index is -3.33. The lowest BCUT2D eigenvalue weighted by Gasteiger charge is -2.14. The van der Waals surface area contributed by atoms with Gasteiger partial charge in [-0.05, 0) is 12.8 Å². The Morgan fingerprint density at radius 1 is 1.65 bits per heavy atom. The molecule has 0 saturated carbocycles. The van der Waals surface area contributed by atoms with Gasteiger partial charge in [0.1, 0.15) is 0 Å². The van der Waals surface area contributed by atoms with Crippen molar-refractivity contribution in [1.82, 2.24) is 9.55 Å². The van der Waals surface area contributed by atoms with Gasteiger partial charge in [0.05, 0.1) is 30.4 Å². The first kappa shape index (κ1) is 12.9. The van der Waals surface area contributed by atoms with Crippen molar-refractivity contribution in [3.63, 3.8) is 0 Å². The first-order valence-corrected chi connectivity index (χ1v) is 7.87. The highest BCUT2D eigenvalue weighted by molar-refractivity contribution is 7.90. The van der Waals surface area contributed by atoms with Crippen molar-refractivity contribution in [2.75, 3.05) is 12.9 Å². The van der Waals surface area contributed by atoms with Gasteiger partial charge in [-0.2, -0.15) is 0 Å². The van der Waals surface area contributed by atoms with Gasteiger partial charge in [-0.1, -0.05) is 0 Å². The fraction of sp³-hybridized carbons (Fsp3) is 0.700. The molecule has 0 radical (unpaired) electrons. The van der Waals surface area contributed by atoms with Gasteiger partial charge in [0.15, 0.2) is 0 Å². The fourth-order valence-electron chi connectivity index (χ4n) is 1.98. The Balaban J connectivity index is 2.31. The standard InChI is InChI=1S/C10H15ClN2O3S/c1-17(14,15)10-12-6-8(5-11)13(10)7-9-3-2-4-16-9/h6,9H,2-5,7H2,1H3/t9-/m1/s1. The maximum Gasteiger partial charge on any atom is 0.227 e. The number of hydrogen-bond acceptors (Lipinski definition) is 4.